The van der Waals surface area contributed by atoms with Gasteiger partial charge in [0.2, 0.25) is 0 Å². The Labute approximate surface area is 95.4 Å². The lowest BCUT2D eigenvalue weighted by Gasteiger charge is -2.38. The van der Waals surface area contributed by atoms with Crippen molar-refractivity contribution < 1.29 is 9.13 Å². The van der Waals surface area contributed by atoms with Crippen LogP contribution in [0.4, 0.5) is 10.1 Å². The molecule has 1 aromatic rings. The molecular weight excluding hydrogens is 207 g/mol. The summed E-state index contributed by atoms with van der Waals surface area (Å²) in [5, 5.41) is 4.31. The lowest BCUT2D eigenvalue weighted by molar-refractivity contribution is 0.0322. The van der Waals surface area contributed by atoms with Crippen LogP contribution in [-0.4, -0.2) is 37.9 Å². The van der Waals surface area contributed by atoms with E-state index in [2.05, 4.69) is 16.9 Å². The Balaban J connectivity index is 2.14. The maximum Gasteiger partial charge on any atom is 0.125 e. The third kappa shape index (κ3) is 2.51. The molecule has 0 N–H and O–H groups in total. The third-order valence-corrected chi connectivity index (χ3v) is 2.73. The predicted molar refractivity (Wildman–Crippen MR) is 61.8 cm³/mol. The average Bonchev–Trinajstić information content (AvgIpc) is 2.31. The topological polar surface area (TPSA) is 15.7 Å². The summed E-state index contributed by atoms with van der Waals surface area (Å²) in [5.74, 6) is -0.191. The van der Waals surface area contributed by atoms with Crippen molar-refractivity contribution in [2.24, 2.45) is 0 Å². The molecule has 2 rings (SSSR count). The number of ether oxygens (including phenoxy) is 1. The minimum Gasteiger partial charge on any atom is -0.379 e. The first-order chi connectivity index (χ1) is 7.81. The van der Waals surface area contributed by atoms with E-state index < -0.39 is 0 Å². The van der Waals surface area contributed by atoms with Crippen molar-refractivity contribution in [3.8, 4) is 0 Å². The molecule has 0 aromatic heterocycles. The number of hydrazine groups is 1. The van der Waals surface area contributed by atoms with Crippen LogP contribution in [0.3, 0.4) is 0 Å². The Bertz CT molecular complexity index is 340. The molecule has 1 aliphatic rings. The SMILES string of the molecule is CCN(c1cccc(F)c1)N1CCOCC1. The first-order valence-corrected chi connectivity index (χ1v) is 5.67. The van der Waals surface area contributed by atoms with Crippen LogP contribution in [-0.2, 0) is 4.74 Å². The van der Waals surface area contributed by atoms with E-state index in [-0.39, 0.29) is 5.82 Å². The van der Waals surface area contributed by atoms with Crippen molar-refractivity contribution in [2.45, 2.75) is 6.92 Å². The number of morpholine rings is 1. The second-order valence-electron chi connectivity index (χ2n) is 3.76. The van der Waals surface area contributed by atoms with Gasteiger partial charge in [0.05, 0.1) is 18.9 Å². The number of rotatable bonds is 3. The molecule has 16 heavy (non-hydrogen) atoms. The van der Waals surface area contributed by atoms with E-state index >= 15 is 0 Å². The fourth-order valence-corrected chi connectivity index (χ4v) is 1.98. The van der Waals surface area contributed by atoms with Crippen molar-refractivity contribution in [1.29, 1.82) is 0 Å². The van der Waals surface area contributed by atoms with Gasteiger partial charge in [0, 0.05) is 19.6 Å². The summed E-state index contributed by atoms with van der Waals surface area (Å²) in [6.45, 7) is 6.12. The monoisotopic (exact) mass is 224 g/mol. The molecule has 1 heterocycles. The zero-order valence-electron chi connectivity index (χ0n) is 9.53. The Morgan fingerprint density at radius 2 is 2.12 bits per heavy atom. The van der Waals surface area contributed by atoms with Gasteiger partial charge in [-0.15, -0.1) is 0 Å². The number of anilines is 1. The van der Waals surface area contributed by atoms with Gasteiger partial charge in [-0.25, -0.2) is 9.40 Å². The second-order valence-corrected chi connectivity index (χ2v) is 3.76. The fourth-order valence-electron chi connectivity index (χ4n) is 1.98. The van der Waals surface area contributed by atoms with Gasteiger partial charge in [0.1, 0.15) is 5.82 Å². The minimum absolute atomic E-state index is 0.191. The van der Waals surface area contributed by atoms with Gasteiger partial charge >= 0.3 is 0 Å². The van der Waals surface area contributed by atoms with Crippen LogP contribution in [0.15, 0.2) is 24.3 Å². The van der Waals surface area contributed by atoms with E-state index in [1.807, 2.05) is 6.07 Å². The lowest BCUT2D eigenvalue weighted by atomic mass is 10.3. The minimum atomic E-state index is -0.191. The molecule has 0 bridgehead atoms. The molecule has 0 radical (unpaired) electrons. The molecular formula is C12H17FN2O. The molecule has 0 aliphatic carbocycles. The quantitative estimate of drug-likeness (QED) is 0.780. The van der Waals surface area contributed by atoms with Crippen molar-refractivity contribution in [1.82, 2.24) is 5.01 Å². The molecule has 1 aliphatic heterocycles. The van der Waals surface area contributed by atoms with Gasteiger partial charge < -0.3 is 9.75 Å². The zero-order valence-corrected chi connectivity index (χ0v) is 9.53. The summed E-state index contributed by atoms with van der Waals surface area (Å²) < 4.78 is 18.5. The highest BCUT2D eigenvalue weighted by Gasteiger charge is 2.17. The van der Waals surface area contributed by atoms with Crippen molar-refractivity contribution in [2.75, 3.05) is 37.9 Å². The summed E-state index contributed by atoms with van der Waals surface area (Å²) in [6.07, 6.45) is 0. The molecule has 1 saturated heterocycles. The zero-order chi connectivity index (χ0) is 11.4. The number of halogens is 1. The molecule has 4 heteroatoms. The van der Waals surface area contributed by atoms with Crippen LogP contribution in [0.25, 0.3) is 0 Å². The van der Waals surface area contributed by atoms with E-state index in [1.165, 1.54) is 6.07 Å². The lowest BCUT2D eigenvalue weighted by Crippen LogP contribution is -2.49. The van der Waals surface area contributed by atoms with E-state index in [0.717, 1.165) is 38.5 Å². The van der Waals surface area contributed by atoms with Gasteiger partial charge in [-0.3, -0.25) is 0 Å². The molecule has 3 nitrogen and oxygen atoms in total. The summed E-state index contributed by atoms with van der Waals surface area (Å²) in [4.78, 5) is 0. The van der Waals surface area contributed by atoms with Gasteiger partial charge in [-0.2, -0.15) is 0 Å². The largest absolute Gasteiger partial charge is 0.379 e. The molecule has 1 fully saturated rings. The van der Waals surface area contributed by atoms with E-state index in [9.17, 15) is 4.39 Å². The average molecular weight is 224 g/mol. The van der Waals surface area contributed by atoms with Crippen molar-refractivity contribution in [3.05, 3.63) is 30.1 Å². The first-order valence-electron chi connectivity index (χ1n) is 5.67. The molecule has 0 saturated carbocycles. The fraction of sp³-hybridized carbons (Fsp3) is 0.500. The van der Waals surface area contributed by atoms with Gasteiger partial charge in [0.15, 0.2) is 0 Å². The predicted octanol–water partition coefficient (Wildman–Crippen LogP) is 1.90. The maximum absolute atomic E-state index is 13.2. The Morgan fingerprint density at radius 3 is 2.75 bits per heavy atom. The van der Waals surface area contributed by atoms with Crippen LogP contribution in [0.2, 0.25) is 0 Å². The Hall–Kier alpha value is -1.13. The summed E-state index contributed by atoms with van der Waals surface area (Å²) in [5.41, 5.74) is 0.907. The van der Waals surface area contributed by atoms with Crippen LogP contribution in [0.5, 0.6) is 0 Å². The molecule has 1 aromatic carbocycles. The van der Waals surface area contributed by atoms with E-state index in [4.69, 9.17) is 4.74 Å². The summed E-state index contributed by atoms with van der Waals surface area (Å²) in [6, 6.07) is 6.71. The van der Waals surface area contributed by atoms with Crippen LogP contribution >= 0.6 is 0 Å². The Kier molecular flexibility index (Phi) is 3.74. The molecule has 0 amide bonds. The highest BCUT2D eigenvalue weighted by Crippen LogP contribution is 2.18. The highest BCUT2D eigenvalue weighted by atomic mass is 19.1. The normalized spacial score (nSPS) is 17.4. The maximum atomic E-state index is 13.2. The summed E-state index contributed by atoms with van der Waals surface area (Å²) in [7, 11) is 0. The van der Waals surface area contributed by atoms with Crippen LogP contribution < -0.4 is 5.01 Å². The molecule has 0 unspecified atom stereocenters. The first kappa shape index (κ1) is 11.4. The van der Waals surface area contributed by atoms with Crippen LogP contribution in [0, 0.1) is 5.82 Å². The molecule has 0 spiro atoms. The van der Waals surface area contributed by atoms with E-state index in [0.29, 0.717) is 0 Å². The molecule has 0 atom stereocenters. The van der Waals surface area contributed by atoms with Crippen LogP contribution in [0.1, 0.15) is 6.92 Å². The second kappa shape index (κ2) is 5.27. The Morgan fingerprint density at radius 1 is 1.38 bits per heavy atom. The van der Waals surface area contributed by atoms with Gasteiger partial charge in [0.25, 0.3) is 0 Å². The number of hydrogen-bond acceptors (Lipinski definition) is 3. The highest BCUT2D eigenvalue weighted by molar-refractivity contribution is 5.45. The number of benzene rings is 1. The van der Waals surface area contributed by atoms with Gasteiger partial charge in [-0.05, 0) is 25.1 Å². The summed E-state index contributed by atoms with van der Waals surface area (Å²) >= 11 is 0. The smallest absolute Gasteiger partial charge is 0.125 e. The molecule has 88 valence electrons. The standard InChI is InChI=1S/C12H17FN2O/c1-2-15(14-6-8-16-9-7-14)12-5-3-4-11(13)10-12/h3-5,10H,2,6-9H2,1H3. The van der Waals surface area contributed by atoms with Crippen molar-refractivity contribution >= 4 is 5.69 Å². The number of nitrogens with zero attached hydrogens (tertiary/aromatic N) is 2. The number of hydrogen-bond donors (Lipinski definition) is 0. The third-order valence-electron chi connectivity index (χ3n) is 2.73. The van der Waals surface area contributed by atoms with Gasteiger partial charge in [-0.1, -0.05) is 6.07 Å². The van der Waals surface area contributed by atoms with Crippen molar-refractivity contribution in [3.63, 3.8) is 0 Å². The van der Waals surface area contributed by atoms with E-state index in [1.54, 1.807) is 12.1 Å².